The van der Waals surface area contributed by atoms with Crippen molar-refractivity contribution in [3.8, 4) is 11.4 Å². The second-order valence-electron chi connectivity index (χ2n) is 6.40. The SMILES string of the molecule is NC=CC(=Nc1cccc(Cl)c1)c1nn(-c2ccc(-n3cccn3)cc2F)ccc1=O. The van der Waals surface area contributed by atoms with Crippen LogP contribution in [0.2, 0.25) is 5.02 Å². The second-order valence-corrected chi connectivity index (χ2v) is 6.83. The van der Waals surface area contributed by atoms with Crippen LogP contribution < -0.4 is 11.2 Å². The molecule has 0 saturated heterocycles. The molecule has 0 unspecified atom stereocenters. The van der Waals surface area contributed by atoms with Crippen molar-refractivity contribution in [2.45, 2.75) is 0 Å². The zero-order valence-corrected chi connectivity index (χ0v) is 16.8. The third kappa shape index (κ3) is 4.44. The van der Waals surface area contributed by atoms with Gasteiger partial charge < -0.3 is 5.73 Å². The molecule has 31 heavy (non-hydrogen) atoms. The molecule has 0 atom stereocenters. The molecular weight excluding hydrogens is 419 g/mol. The molecule has 2 aromatic carbocycles. The summed E-state index contributed by atoms with van der Waals surface area (Å²) < 4.78 is 17.7. The maximum atomic E-state index is 14.8. The minimum atomic E-state index is -0.530. The lowest BCUT2D eigenvalue weighted by atomic mass is 10.2. The van der Waals surface area contributed by atoms with Crippen molar-refractivity contribution in [1.82, 2.24) is 19.6 Å². The first-order valence-electron chi connectivity index (χ1n) is 9.18. The molecule has 0 aliphatic heterocycles. The molecule has 0 radical (unpaired) electrons. The molecule has 154 valence electrons. The normalized spacial score (nSPS) is 11.9. The van der Waals surface area contributed by atoms with Crippen molar-refractivity contribution in [3.63, 3.8) is 0 Å². The molecule has 0 bridgehead atoms. The maximum Gasteiger partial charge on any atom is 0.209 e. The summed E-state index contributed by atoms with van der Waals surface area (Å²) in [6.07, 6.45) is 7.41. The fourth-order valence-corrected chi connectivity index (χ4v) is 3.09. The molecule has 0 amide bonds. The average Bonchev–Trinajstić information content (AvgIpc) is 3.29. The summed E-state index contributed by atoms with van der Waals surface area (Å²) in [6.45, 7) is 0. The average molecular weight is 435 g/mol. The Morgan fingerprint density at radius 1 is 1.10 bits per heavy atom. The van der Waals surface area contributed by atoms with Crippen LogP contribution in [0.1, 0.15) is 5.69 Å². The lowest BCUT2D eigenvalue weighted by Crippen LogP contribution is -2.21. The van der Waals surface area contributed by atoms with Crippen LogP contribution in [-0.4, -0.2) is 25.3 Å². The number of nitrogens with zero attached hydrogens (tertiary/aromatic N) is 5. The van der Waals surface area contributed by atoms with Gasteiger partial charge in [0.15, 0.2) is 11.5 Å². The Balaban J connectivity index is 1.78. The van der Waals surface area contributed by atoms with Gasteiger partial charge >= 0.3 is 0 Å². The van der Waals surface area contributed by atoms with Crippen LogP contribution in [0.5, 0.6) is 0 Å². The zero-order chi connectivity index (χ0) is 21.8. The Morgan fingerprint density at radius 2 is 1.97 bits per heavy atom. The number of rotatable bonds is 5. The van der Waals surface area contributed by atoms with Gasteiger partial charge in [0, 0.05) is 35.7 Å². The van der Waals surface area contributed by atoms with E-state index in [-0.39, 0.29) is 22.5 Å². The van der Waals surface area contributed by atoms with E-state index in [0.29, 0.717) is 16.4 Å². The van der Waals surface area contributed by atoms with E-state index in [4.69, 9.17) is 17.3 Å². The van der Waals surface area contributed by atoms with Gasteiger partial charge in [0.2, 0.25) is 5.43 Å². The molecule has 2 aromatic heterocycles. The van der Waals surface area contributed by atoms with Gasteiger partial charge in [-0.3, -0.25) is 4.79 Å². The number of hydrogen-bond acceptors (Lipinski definition) is 5. The van der Waals surface area contributed by atoms with E-state index in [1.54, 1.807) is 59.5 Å². The van der Waals surface area contributed by atoms with Gasteiger partial charge in [-0.05, 0) is 48.7 Å². The molecule has 0 saturated carbocycles. The molecule has 0 aliphatic carbocycles. The lowest BCUT2D eigenvalue weighted by Gasteiger charge is -2.10. The molecule has 4 rings (SSSR count). The highest BCUT2D eigenvalue weighted by molar-refractivity contribution is 6.30. The van der Waals surface area contributed by atoms with Crippen molar-refractivity contribution in [2.75, 3.05) is 0 Å². The summed E-state index contributed by atoms with van der Waals surface area (Å²) in [5.74, 6) is -0.530. The largest absolute Gasteiger partial charge is 0.405 e. The minimum Gasteiger partial charge on any atom is -0.405 e. The van der Waals surface area contributed by atoms with Crippen molar-refractivity contribution in [2.24, 2.45) is 10.7 Å². The highest BCUT2D eigenvalue weighted by Crippen LogP contribution is 2.20. The van der Waals surface area contributed by atoms with Gasteiger partial charge in [0.05, 0.1) is 17.1 Å². The number of aliphatic imine (C=N–C) groups is 1. The number of nitrogens with two attached hydrogens (primary N) is 1. The van der Waals surface area contributed by atoms with Gasteiger partial charge in [-0.2, -0.15) is 10.2 Å². The fraction of sp³-hybridized carbons (Fsp3) is 0. The van der Waals surface area contributed by atoms with Crippen LogP contribution in [-0.2, 0) is 0 Å². The predicted molar refractivity (Wildman–Crippen MR) is 118 cm³/mol. The predicted octanol–water partition coefficient (Wildman–Crippen LogP) is 3.80. The molecule has 9 heteroatoms. The van der Waals surface area contributed by atoms with Crippen LogP contribution in [0.4, 0.5) is 10.1 Å². The third-order valence-corrected chi connectivity index (χ3v) is 4.54. The van der Waals surface area contributed by atoms with E-state index in [9.17, 15) is 9.18 Å². The van der Waals surface area contributed by atoms with Crippen molar-refractivity contribution < 1.29 is 4.39 Å². The Kier molecular flexibility index (Phi) is 5.72. The number of aromatic nitrogens is 4. The standard InChI is InChI=1S/C22H16ClFN6O/c23-15-3-1-4-16(13-15)27-19(7-9-25)22-21(31)8-12-30(28-22)20-6-5-17(14-18(20)24)29-11-2-10-26-29/h1-14H,25H2. The summed E-state index contributed by atoms with van der Waals surface area (Å²) in [7, 11) is 0. The molecule has 7 nitrogen and oxygen atoms in total. The summed E-state index contributed by atoms with van der Waals surface area (Å²) in [4.78, 5) is 16.9. The highest BCUT2D eigenvalue weighted by Gasteiger charge is 2.13. The first-order chi connectivity index (χ1) is 15.0. The Labute approximate surface area is 181 Å². The summed E-state index contributed by atoms with van der Waals surface area (Å²) in [5.41, 5.74) is 6.63. The van der Waals surface area contributed by atoms with Crippen molar-refractivity contribution in [1.29, 1.82) is 0 Å². The quantitative estimate of drug-likeness (QED) is 0.483. The second kappa shape index (κ2) is 8.76. The first kappa shape index (κ1) is 20.2. The molecule has 0 fully saturated rings. The molecule has 2 heterocycles. The number of allylic oxidation sites excluding steroid dienone is 1. The van der Waals surface area contributed by atoms with Crippen LogP contribution in [0.15, 0.2) is 95.3 Å². The molecular formula is C22H16ClFN6O. The number of benzene rings is 2. The lowest BCUT2D eigenvalue weighted by molar-refractivity contribution is 0.606. The van der Waals surface area contributed by atoms with Crippen molar-refractivity contribution >= 4 is 23.0 Å². The Bertz CT molecular complexity index is 1340. The fourth-order valence-electron chi connectivity index (χ4n) is 2.91. The van der Waals surface area contributed by atoms with E-state index in [2.05, 4.69) is 15.2 Å². The van der Waals surface area contributed by atoms with E-state index in [1.807, 2.05) is 0 Å². The monoisotopic (exact) mass is 434 g/mol. The molecule has 0 spiro atoms. The van der Waals surface area contributed by atoms with Crippen LogP contribution in [0.3, 0.4) is 0 Å². The van der Waals surface area contributed by atoms with Gasteiger partial charge in [0.1, 0.15) is 5.69 Å². The van der Waals surface area contributed by atoms with Crippen LogP contribution in [0, 0.1) is 5.82 Å². The Hall–Kier alpha value is -4.04. The number of halogens is 2. The van der Waals surface area contributed by atoms with Crippen LogP contribution in [0.25, 0.3) is 11.4 Å². The van der Waals surface area contributed by atoms with E-state index in [1.165, 1.54) is 35.3 Å². The van der Waals surface area contributed by atoms with E-state index in [0.717, 1.165) is 0 Å². The molecule has 2 N–H and O–H groups in total. The van der Waals surface area contributed by atoms with Crippen molar-refractivity contribution in [3.05, 3.63) is 112 Å². The minimum absolute atomic E-state index is 0.0136. The van der Waals surface area contributed by atoms with Crippen LogP contribution >= 0.6 is 11.6 Å². The molecule has 4 aromatic rings. The topological polar surface area (TPSA) is 91.1 Å². The summed E-state index contributed by atoms with van der Waals surface area (Å²) in [5, 5.41) is 8.89. The van der Waals surface area contributed by atoms with Gasteiger partial charge in [-0.1, -0.05) is 17.7 Å². The summed E-state index contributed by atoms with van der Waals surface area (Å²) in [6, 6.07) is 14.4. The zero-order valence-electron chi connectivity index (χ0n) is 16.1. The third-order valence-electron chi connectivity index (χ3n) is 4.31. The number of hydrogen-bond donors (Lipinski definition) is 1. The van der Waals surface area contributed by atoms with Gasteiger partial charge in [0.25, 0.3) is 0 Å². The summed E-state index contributed by atoms with van der Waals surface area (Å²) >= 11 is 6.01. The smallest absolute Gasteiger partial charge is 0.209 e. The van der Waals surface area contributed by atoms with E-state index >= 15 is 0 Å². The maximum absolute atomic E-state index is 14.8. The van der Waals surface area contributed by atoms with E-state index < -0.39 is 5.82 Å². The van der Waals surface area contributed by atoms with Gasteiger partial charge in [-0.15, -0.1) is 0 Å². The Morgan fingerprint density at radius 3 is 2.68 bits per heavy atom. The highest BCUT2D eigenvalue weighted by atomic mass is 35.5. The first-order valence-corrected chi connectivity index (χ1v) is 9.56. The molecule has 0 aliphatic rings. The van der Waals surface area contributed by atoms with Gasteiger partial charge in [-0.25, -0.2) is 18.7 Å².